The first-order chi connectivity index (χ1) is 5.84. The maximum absolute atomic E-state index is 4.81. The topological polar surface area (TPSA) is 9.23 Å². The highest BCUT2D eigenvalue weighted by molar-refractivity contribution is 9.10. The van der Waals surface area contributed by atoms with Gasteiger partial charge in [0.2, 0.25) is 0 Å². The lowest BCUT2D eigenvalue weighted by Crippen LogP contribution is -1.82. The largest absolute Gasteiger partial charge is 0.372 e. The van der Waals surface area contributed by atoms with Gasteiger partial charge in [-0.15, -0.1) is 0 Å². The minimum Gasteiger partial charge on any atom is -0.372 e. The molecule has 0 unspecified atom stereocenters. The zero-order valence-electron chi connectivity index (χ0n) is 6.80. The Hall–Kier alpha value is -0.780. The first-order valence-electron chi connectivity index (χ1n) is 3.57. The van der Waals surface area contributed by atoms with Crippen molar-refractivity contribution in [1.82, 2.24) is 0 Å². The van der Waals surface area contributed by atoms with Crippen LogP contribution in [0, 0.1) is 11.8 Å². The highest BCUT2D eigenvalue weighted by Crippen LogP contribution is 2.13. The van der Waals surface area contributed by atoms with Gasteiger partial charge in [-0.3, -0.25) is 0 Å². The van der Waals surface area contributed by atoms with Crippen molar-refractivity contribution in [3.63, 3.8) is 0 Å². The van der Waals surface area contributed by atoms with Crippen molar-refractivity contribution in [2.75, 3.05) is 13.7 Å². The Morgan fingerprint density at radius 3 is 2.83 bits per heavy atom. The molecule has 2 heteroatoms. The molecular formula is C10H9BrO. The summed E-state index contributed by atoms with van der Waals surface area (Å²) in [5, 5.41) is 0. The number of rotatable bonds is 1. The van der Waals surface area contributed by atoms with E-state index in [0.29, 0.717) is 6.61 Å². The Kier molecular flexibility index (Phi) is 3.86. The summed E-state index contributed by atoms with van der Waals surface area (Å²) in [7, 11) is 1.63. The summed E-state index contributed by atoms with van der Waals surface area (Å²) in [5.74, 6) is 5.88. The monoisotopic (exact) mass is 224 g/mol. The Morgan fingerprint density at radius 1 is 1.42 bits per heavy atom. The molecular weight excluding hydrogens is 216 g/mol. The molecule has 1 nitrogen and oxygen atoms in total. The van der Waals surface area contributed by atoms with Crippen LogP contribution < -0.4 is 0 Å². The van der Waals surface area contributed by atoms with E-state index in [2.05, 4.69) is 27.8 Å². The predicted molar refractivity (Wildman–Crippen MR) is 52.9 cm³/mol. The zero-order chi connectivity index (χ0) is 8.81. The second-order valence-corrected chi connectivity index (χ2v) is 3.07. The summed E-state index contributed by atoms with van der Waals surface area (Å²) >= 11 is 3.41. The lowest BCUT2D eigenvalue weighted by molar-refractivity contribution is 0.240. The highest BCUT2D eigenvalue weighted by Gasteiger charge is 1.90. The Balaban J connectivity index is 2.77. The van der Waals surface area contributed by atoms with Gasteiger partial charge in [0.1, 0.15) is 6.61 Å². The molecule has 0 aliphatic carbocycles. The molecule has 0 radical (unpaired) electrons. The third-order valence-corrected chi connectivity index (χ3v) is 2.00. The van der Waals surface area contributed by atoms with Crippen molar-refractivity contribution in [3.8, 4) is 11.8 Å². The molecule has 0 saturated carbocycles. The zero-order valence-corrected chi connectivity index (χ0v) is 8.39. The average Bonchev–Trinajstić information content (AvgIpc) is 2.09. The molecule has 0 aromatic heterocycles. The molecule has 1 rings (SSSR count). The normalized spacial score (nSPS) is 8.83. The van der Waals surface area contributed by atoms with Crippen molar-refractivity contribution in [2.45, 2.75) is 0 Å². The van der Waals surface area contributed by atoms with Crippen LogP contribution in [0.5, 0.6) is 0 Å². The van der Waals surface area contributed by atoms with Crippen LogP contribution in [-0.4, -0.2) is 13.7 Å². The number of benzene rings is 1. The fraction of sp³-hybridized carbons (Fsp3) is 0.200. The van der Waals surface area contributed by atoms with Gasteiger partial charge in [0.05, 0.1) is 0 Å². The van der Waals surface area contributed by atoms with Gasteiger partial charge in [-0.1, -0.05) is 24.0 Å². The molecule has 0 heterocycles. The molecule has 0 N–H and O–H groups in total. The Labute approximate surface area is 80.9 Å². The molecule has 62 valence electrons. The maximum Gasteiger partial charge on any atom is 0.107 e. The summed E-state index contributed by atoms with van der Waals surface area (Å²) in [4.78, 5) is 0. The van der Waals surface area contributed by atoms with Crippen LogP contribution in [0.25, 0.3) is 0 Å². The average molecular weight is 225 g/mol. The van der Waals surface area contributed by atoms with E-state index in [4.69, 9.17) is 4.74 Å². The molecule has 0 atom stereocenters. The Bertz CT molecular complexity index is 309. The predicted octanol–water partition coefficient (Wildman–Crippen LogP) is 2.45. The third kappa shape index (κ3) is 2.69. The van der Waals surface area contributed by atoms with Crippen molar-refractivity contribution >= 4 is 15.9 Å². The van der Waals surface area contributed by atoms with Crippen molar-refractivity contribution in [3.05, 3.63) is 34.3 Å². The first-order valence-corrected chi connectivity index (χ1v) is 4.36. The summed E-state index contributed by atoms with van der Waals surface area (Å²) < 4.78 is 5.84. The summed E-state index contributed by atoms with van der Waals surface area (Å²) in [6, 6.07) is 7.86. The van der Waals surface area contributed by atoms with Crippen molar-refractivity contribution < 1.29 is 4.74 Å². The van der Waals surface area contributed by atoms with Gasteiger partial charge in [0.15, 0.2) is 0 Å². The van der Waals surface area contributed by atoms with Crippen LogP contribution in [0.3, 0.4) is 0 Å². The molecule has 0 bridgehead atoms. The smallest absolute Gasteiger partial charge is 0.107 e. The van der Waals surface area contributed by atoms with Crippen LogP contribution in [0.4, 0.5) is 0 Å². The molecule has 0 aliphatic rings. The van der Waals surface area contributed by atoms with E-state index in [1.54, 1.807) is 7.11 Å². The fourth-order valence-electron chi connectivity index (χ4n) is 0.766. The maximum atomic E-state index is 4.81. The standard InChI is InChI=1S/C10H9BrO/c1-12-8-4-6-9-5-2-3-7-10(9)11/h2-3,5,7H,8H2,1H3. The van der Waals surface area contributed by atoms with Crippen LogP contribution >= 0.6 is 15.9 Å². The lowest BCUT2D eigenvalue weighted by Gasteiger charge is -1.92. The van der Waals surface area contributed by atoms with Gasteiger partial charge >= 0.3 is 0 Å². The summed E-state index contributed by atoms with van der Waals surface area (Å²) in [6.07, 6.45) is 0. The molecule has 0 spiro atoms. The summed E-state index contributed by atoms with van der Waals surface area (Å²) in [6.45, 7) is 0.474. The number of methoxy groups -OCH3 is 1. The summed E-state index contributed by atoms with van der Waals surface area (Å²) in [5.41, 5.74) is 0.995. The van der Waals surface area contributed by atoms with Crippen LogP contribution in [-0.2, 0) is 4.74 Å². The SMILES string of the molecule is COCC#Cc1ccccc1Br. The second-order valence-electron chi connectivity index (χ2n) is 2.21. The van der Waals surface area contributed by atoms with Crippen molar-refractivity contribution in [2.24, 2.45) is 0 Å². The lowest BCUT2D eigenvalue weighted by atomic mass is 10.2. The van der Waals surface area contributed by atoms with E-state index < -0.39 is 0 Å². The Morgan fingerprint density at radius 2 is 2.17 bits per heavy atom. The molecule has 1 aromatic rings. The number of hydrogen-bond donors (Lipinski definition) is 0. The number of ether oxygens (including phenoxy) is 1. The van der Waals surface area contributed by atoms with E-state index in [9.17, 15) is 0 Å². The molecule has 12 heavy (non-hydrogen) atoms. The van der Waals surface area contributed by atoms with E-state index in [1.165, 1.54) is 0 Å². The van der Waals surface area contributed by atoms with Gasteiger partial charge in [0, 0.05) is 17.1 Å². The number of halogens is 1. The van der Waals surface area contributed by atoms with E-state index >= 15 is 0 Å². The fourth-order valence-corrected chi connectivity index (χ4v) is 1.15. The first kappa shape index (κ1) is 9.31. The number of hydrogen-bond acceptors (Lipinski definition) is 1. The molecule has 0 fully saturated rings. The highest BCUT2D eigenvalue weighted by atomic mass is 79.9. The minimum atomic E-state index is 0.474. The molecule has 0 aliphatic heterocycles. The van der Waals surface area contributed by atoms with Crippen LogP contribution in [0.15, 0.2) is 28.7 Å². The molecule has 0 amide bonds. The van der Waals surface area contributed by atoms with E-state index in [-0.39, 0.29) is 0 Å². The minimum absolute atomic E-state index is 0.474. The quantitative estimate of drug-likeness (QED) is 0.667. The van der Waals surface area contributed by atoms with Crippen molar-refractivity contribution in [1.29, 1.82) is 0 Å². The van der Waals surface area contributed by atoms with Crippen LogP contribution in [0.2, 0.25) is 0 Å². The van der Waals surface area contributed by atoms with Gasteiger partial charge < -0.3 is 4.74 Å². The van der Waals surface area contributed by atoms with E-state index in [0.717, 1.165) is 10.0 Å². The van der Waals surface area contributed by atoms with Gasteiger partial charge in [-0.05, 0) is 28.1 Å². The van der Waals surface area contributed by atoms with Gasteiger partial charge in [0.25, 0.3) is 0 Å². The van der Waals surface area contributed by atoms with Gasteiger partial charge in [-0.25, -0.2) is 0 Å². The third-order valence-electron chi connectivity index (χ3n) is 1.31. The van der Waals surface area contributed by atoms with Crippen LogP contribution in [0.1, 0.15) is 5.56 Å². The molecule has 1 aromatic carbocycles. The molecule has 0 saturated heterocycles. The second kappa shape index (κ2) is 4.97. The van der Waals surface area contributed by atoms with E-state index in [1.807, 2.05) is 24.3 Å². The van der Waals surface area contributed by atoms with Gasteiger partial charge in [-0.2, -0.15) is 0 Å².